The molecule has 0 radical (unpaired) electrons. The van der Waals surface area contributed by atoms with Crippen LogP contribution in [0.4, 0.5) is 0 Å². The van der Waals surface area contributed by atoms with Crippen molar-refractivity contribution in [2.45, 2.75) is 26.3 Å². The molecule has 1 unspecified atom stereocenters. The van der Waals surface area contributed by atoms with Gasteiger partial charge in [0.25, 0.3) is 0 Å². The quantitative estimate of drug-likeness (QED) is 0.524. The van der Waals surface area contributed by atoms with E-state index in [2.05, 4.69) is 76.5 Å². The third-order valence-corrected chi connectivity index (χ3v) is 4.45. The first-order valence-corrected chi connectivity index (χ1v) is 7.82. The summed E-state index contributed by atoms with van der Waals surface area (Å²) in [6.45, 7) is 4.50. The Hall–Kier alpha value is -2.55. The van der Waals surface area contributed by atoms with Crippen LogP contribution in [0.1, 0.15) is 26.3 Å². The molecule has 3 nitrogen and oxygen atoms in total. The molecule has 0 N–H and O–H groups in total. The van der Waals surface area contributed by atoms with Crippen LogP contribution in [0.3, 0.4) is 0 Å². The maximum atomic E-state index is 4.68. The smallest absolute Gasteiger partial charge is 0.161 e. The second-order valence-electron chi connectivity index (χ2n) is 5.79. The second-order valence-corrected chi connectivity index (χ2v) is 5.79. The van der Waals surface area contributed by atoms with Crippen molar-refractivity contribution in [3.05, 3.63) is 60.9 Å². The number of fused-ring (bicyclic) bond motifs is 2. The fraction of sp³-hybridized carbons (Fsp3) is 0.211. The molecule has 0 aliphatic rings. The van der Waals surface area contributed by atoms with Crippen molar-refractivity contribution in [2.24, 2.45) is 0 Å². The van der Waals surface area contributed by atoms with E-state index in [1.54, 1.807) is 0 Å². The molecule has 0 bridgehead atoms. The number of nitrogens with zero attached hydrogens (tertiary/aromatic N) is 3. The first-order valence-electron chi connectivity index (χ1n) is 7.82. The van der Waals surface area contributed by atoms with Crippen LogP contribution in [0.2, 0.25) is 0 Å². The third kappa shape index (κ3) is 1.86. The van der Waals surface area contributed by atoms with Crippen LogP contribution in [-0.2, 0) is 0 Å². The Morgan fingerprint density at radius 3 is 2.77 bits per heavy atom. The SMILES string of the molecule is CCC(C)n1c(-c2ncc3ccccn23)cc2ccccc21. The predicted octanol–water partition coefficient (Wildman–Crippen LogP) is 4.93. The Bertz CT molecular complexity index is 946. The van der Waals surface area contributed by atoms with Crippen molar-refractivity contribution < 1.29 is 0 Å². The summed E-state index contributed by atoms with van der Waals surface area (Å²) in [5.41, 5.74) is 3.58. The molecule has 3 heteroatoms. The lowest BCUT2D eigenvalue weighted by Crippen LogP contribution is -2.06. The van der Waals surface area contributed by atoms with E-state index >= 15 is 0 Å². The van der Waals surface area contributed by atoms with Crippen molar-refractivity contribution in [2.75, 3.05) is 0 Å². The van der Waals surface area contributed by atoms with Crippen LogP contribution in [0, 0.1) is 0 Å². The van der Waals surface area contributed by atoms with Gasteiger partial charge in [-0.15, -0.1) is 0 Å². The molecule has 0 aliphatic heterocycles. The maximum absolute atomic E-state index is 4.68. The van der Waals surface area contributed by atoms with Crippen molar-refractivity contribution >= 4 is 16.4 Å². The average molecular weight is 289 g/mol. The minimum Gasteiger partial charge on any atom is -0.335 e. The number of hydrogen-bond acceptors (Lipinski definition) is 1. The zero-order valence-corrected chi connectivity index (χ0v) is 12.9. The van der Waals surface area contributed by atoms with Gasteiger partial charge in [-0.1, -0.05) is 31.2 Å². The molecule has 4 rings (SSSR count). The van der Waals surface area contributed by atoms with Crippen LogP contribution >= 0.6 is 0 Å². The summed E-state index contributed by atoms with van der Waals surface area (Å²) in [5, 5.41) is 1.27. The highest BCUT2D eigenvalue weighted by molar-refractivity contribution is 5.86. The summed E-state index contributed by atoms with van der Waals surface area (Å²) in [4.78, 5) is 4.68. The van der Waals surface area contributed by atoms with Gasteiger partial charge in [-0.3, -0.25) is 4.40 Å². The molecule has 0 fully saturated rings. The Morgan fingerprint density at radius 2 is 1.91 bits per heavy atom. The monoisotopic (exact) mass is 289 g/mol. The zero-order valence-electron chi connectivity index (χ0n) is 12.9. The minimum absolute atomic E-state index is 0.436. The number of rotatable bonds is 3. The molecule has 3 heterocycles. The first kappa shape index (κ1) is 13.1. The topological polar surface area (TPSA) is 22.2 Å². The zero-order chi connectivity index (χ0) is 15.1. The van der Waals surface area contributed by atoms with E-state index in [0.717, 1.165) is 17.8 Å². The second kappa shape index (κ2) is 5.02. The van der Waals surface area contributed by atoms with E-state index in [9.17, 15) is 0 Å². The molecule has 0 spiro atoms. The van der Waals surface area contributed by atoms with Crippen molar-refractivity contribution in [1.82, 2.24) is 14.0 Å². The number of benzene rings is 1. The Morgan fingerprint density at radius 1 is 1.09 bits per heavy atom. The number of hydrogen-bond donors (Lipinski definition) is 0. The van der Waals surface area contributed by atoms with Crippen LogP contribution in [-0.4, -0.2) is 14.0 Å². The molecule has 22 heavy (non-hydrogen) atoms. The molecule has 110 valence electrons. The highest BCUT2D eigenvalue weighted by Crippen LogP contribution is 2.32. The van der Waals surface area contributed by atoms with Crippen LogP contribution in [0.5, 0.6) is 0 Å². The predicted molar refractivity (Wildman–Crippen MR) is 91.1 cm³/mol. The average Bonchev–Trinajstić information content (AvgIpc) is 3.15. The summed E-state index contributed by atoms with van der Waals surface area (Å²) in [6.07, 6.45) is 5.11. The summed E-state index contributed by atoms with van der Waals surface area (Å²) < 4.78 is 4.57. The maximum Gasteiger partial charge on any atom is 0.161 e. The van der Waals surface area contributed by atoms with Gasteiger partial charge in [0, 0.05) is 23.1 Å². The molecule has 4 aromatic rings. The molecular formula is C19H19N3. The van der Waals surface area contributed by atoms with Crippen molar-refractivity contribution in [3.8, 4) is 11.5 Å². The molecule has 0 saturated carbocycles. The van der Waals surface area contributed by atoms with Gasteiger partial charge in [0.1, 0.15) is 0 Å². The molecule has 0 saturated heterocycles. The number of imidazole rings is 1. The van der Waals surface area contributed by atoms with Gasteiger partial charge in [0.2, 0.25) is 0 Å². The van der Waals surface area contributed by atoms with Gasteiger partial charge in [0.15, 0.2) is 5.82 Å². The highest BCUT2D eigenvalue weighted by atomic mass is 15.1. The lowest BCUT2D eigenvalue weighted by molar-refractivity contribution is 0.551. The standard InChI is InChI=1S/C19H19N3/c1-3-14(2)22-17-10-5-4-8-15(17)12-18(22)19-20-13-16-9-6-7-11-21(16)19/h4-14H,3H2,1-2H3. The largest absolute Gasteiger partial charge is 0.335 e. The Balaban J connectivity index is 2.06. The van der Waals surface area contributed by atoms with Crippen molar-refractivity contribution in [3.63, 3.8) is 0 Å². The molecule has 1 atom stereocenters. The van der Waals surface area contributed by atoms with E-state index in [4.69, 9.17) is 0 Å². The third-order valence-electron chi connectivity index (χ3n) is 4.45. The van der Waals surface area contributed by atoms with E-state index in [0.29, 0.717) is 6.04 Å². The first-order chi connectivity index (χ1) is 10.8. The van der Waals surface area contributed by atoms with Gasteiger partial charge in [-0.2, -0.15) is 0 Å². The van der Waals surface area contributed by atoms with Gasteiger partial charge in [-0.25, -0.2) is 4.98 Å². The summed E-state index contributed by atoms with van der Waals surface area (Å²) in [7, 11) is 0. The highest BCUT2D eigenvalue weighted by Gasteiger charge is 2.17. The van der Waals surface area contributed by atoms with Crippen LogP contribution in [0.25, 0.3) is 27.9 Å². The molecule has 0 amide bonds. The van der Waals surface area contributed by atoms with Crippen molar-refractivity contribution in [1.29, 1.82) is 0 Å². The van der Waals surface area contributed by atoms with Gasteiger partial charge < -0.3 is 4.57 Å². The van der Waals surface area contributed by atoms with Gasteiger partial charge in [0.05, 0.1) is 17.4 Å². The summed E-state index contributed by atoms with van der Waals surface area (Å²) in [5.74, 6) is 1.01. The van der Waals surface area contributed by atoms with E-state index in [1.165, 1.54) is 16.6 Å². The molecule has 3 aromatic heterocycles. The number of para-hydroxylation sites is 1. The van der Waals surface area contributed by atoms with Crippen LogP contribution < -0.4 is 0 Å². The molecule has 1 aromatic carbocycles. The normalized spacial score (nSPS) is 13.0. The van der Waals surface area contributed by atoms with E-state index < -0.39 is 0 Å². The van der Waals surface area contributed by atoms with Gasteiger partial charge >= 0.3 is 0 Å². The number of pyridine rings is 1. The van der Waals surface area contributed by atoms with E-state index in [1.807, 2.05) is 12.3 Å². The fourth-order valence-corrected chi connectivity index (χ4v) is 3.14. The van der Waals surface area contributed by atoms with Crippen LogP contribution in [0.15, 0.2) is 60.9 Å². The minimum atomic E-state index is 0.436. The number of aromatic nitrogens is 3. The summed E-state index contributed by atoms with van der Waals surface area (Å²) >= 11 is 0. The lowest BCUT2D eigenvalue weighted by Gasteiger charge is -2.17. The van der Waals surface area contributed by atoms with Gasteiger partial charge in [-0.05, 0) is 37.6 Å². The van der Waals surface area contributed by atoms with E-state index in [-0.39, 0.29) is 0 Å². The fourth-order valence-electron chi connectivity index (χ4n) is 3.14. The molecular weight excluding hydrogens is 270 g/mol. The Labute approximate surface area is 129 Å². The summed E-state index contributed by atoms with van der Waals surface area (Å²) in [6, 6.07) is 17.4. The Kier molecular flexibility index (Phi) is 3.00. The lowest BCUT2D eigenvalue weighted by atomic mass is 10.2. The molecule has 0 aliphatic carbocycles.